The summed E-state index contributed by atoms with van der Waals surface area (Å²) in [4.78, 5) is 6.21. The van der Waals surface area contributed by atoms with E-state index in [0.717, 1.165) is 37.4 Å². The van der Waals surface area contributed by atoms with Crippen molar-refractivity contribution in [3.63, 3.8) is 0 Å². The normalized spacial score (nSPS) is 24.8. The predicted octanol–water partition coefficient (Wildman–Crippen LogP) is 5.11. The van der Waals surface area contributed by atoms with E-state index in [-0.39, 0.29) is 5.54 Å². The highest BCUT2D eigenvalue weighted by Gasteiger charge is 2.32. The summed E-state index contributed by atoms with van der Waals surface area (Å²) in [5, 5.41) is 4.58. The maximum Gasteiger partial charge on any atom is 0.183 e. The average Bonchev–Trinajstić information content (AvgIpc) is 3.17. The molecule has 1 heterocycles. The van der Waals surface area contributed by atoms with Crippen molar-refractivity contribution in [2.75, 3.05) is 11.9 Å². The van der Waals surface area contributed by atoms with Gasteiger partial charge >= 0.3 is 0 Å². The van der Waals surface area contributed by atoms with Crippen molar-refractivity contribution in [3.05, 3.63) is 35.0 Å². The number of anilines is 1. The lowest BCUT2D eigenvalue weighted by molar-refractivity contribution is 0.479. The number of hydrogen-bond donors (Lipinski definition) is 2. The lowest BCUT2D eigenvalue weighted by Gasteiger charge is -2.20. The number of rotatable bonds is 5. The fraction of sp³-hybridized carbons (Fsp3) is 0.571. The van der Waals surface area contributed by atoms with Crippen LogP contribution in [0.5, 0.6) is 0 Å². The van der Waals surface area contributed by atoms with Crippen LogP contribution in [0.15, 0.2) is 18.2 Å². The molecule has 0 bridgehead atoms. The number of aromatic nitrogens is 1. The number of benzene rings is 1. The monoisotopic (exact) mass is 355 g/mol. The zero-order chi connectivity index (χ0) is 17.4. The van der Waals surface area contributed by atoms with Gasteiger partial charge in [-0.25, -0.2) is 4.98 Å². The number of nitrogens with one attached hydrogen (secondary N) is 1. The number of nitrogens with zero attached hydrogens (tertiary/aromatic N) is 1. The van der Waals surface area contributed by atoms with E-state index in [2.05, 4.69) is 37.4 Å². The second kappa shape index (κ2) is 6.73. The molecule has 0 saturated heterocycles. The summed E-state index contributed by atoms with van der Waals surface area (Å²) >= 11 is 1.82. The van der Waals surface area contributed by atoms with Crippen LogP contribution in [0.4, 0.5) is 5.13 Å². The Hall–Kier alpha value is -1.39. The van der Waals surface area contributed by atoms with E-state index < -0.39 is 0 Å². The van der Waals surface area contributed by atoms with E-state index in [9.17, 15) is 0 Å². The van der Waals surface area contributed by atoms with E-state index in [1.54, 1.807) is 0 Å². The molecule has 3 nitrogen and oxygen atoms in total. The standard InChI is InChI=1S/C21H29N3S/c1-3-4-11-23-20-24-18-8-6-15-12-14(5-7-17(15)19(18)25-20)16-9-10-21(2,22)13-16/h5,7,12,16H,3-4,6,8-11,13,22H2,1-2H3,(H,23,24)/t16-,21+/m0/s1. The summed E-state index contributed by atoms with van der Waals surface area (Å²) in [5.74, 6) is 0.634. The molecule has 3 N–H and O–H groups in total. The Balaban J connectivity index is 1.57. The molecule has 134 valence electrons. The fourth-order valence-electron chi connectivity index (χ4n) is 4.28. The molecular weight excluding hydrogens is 326 g/mol. The predicted molar refractivity (Wildman–Crippen MR) is 108 cm³/mol. The second-order valence-electron chi connectivity index (χ2n) is 8.09. The summed E-state index contributed by atoms with van der Waals surface area (Å²) in [7, 11) is 0. The van der Waals surface area contributed by atoms with Gasteiger partial charge in [0.05, 0.1) is 10.6 Å². The Bertz CT molecular complexity index is 762. The number of aryl methyl sites for hydroxylation is 2. The lowest BCUT2D eigenvalue weighted by Crippen LogP contribution is -2.32. The minimum atomic E-state index is 0.0183. The van der Waals surface area contributed by atoms with Gasteiger partial charge in [-0.3, -0.25) is 0 Å². The molecule has 4 heteroatoms. The van der Waals surface area contributed by atoms with Crippen LogP contribution in [0, 0.1) is 0 Å². The van der Waals surface area contributed by atoms with Gasteiger partial charge in [-0.1, -0.05) is 42.9 Å². The van der Waals surface area contributed by atoms with Crippen molar-refractivity contribution < 1.29 is 0 Å². The lowest BCUT2D eigenvalue weighted by atomic mass is 9.87. The van der Waals surface area contributed by atoms with Gasteiger partial charge in [0.25, 0.3) is 0 Å². The molecule has 0 radical (unpaired) electrons. The summed E-state index contributed by atoms with van der Waals surface area (Å²) in [6.45, 7) is 5.44. The van der Waals surface area contributed by atoms with Crippen molar-refractivity contribution in [2.45, 2.75) is 70.3 Å². The topological polar surface area (TPSA) is 50.9 Å². The van der Waals surface area contributed by atoms with Crippen LogP contribution in [0.25, 0.3) is 10.4 Å². The molecule has 0 spiro atoms. The van der Waals surface area contributed by atoms with E-state index in [1.807, 2.05) is 11.3 Å². The van der Waals surface area contributed by atoms with Crippen LogP contribution in [-0.4, -0.2) is 17.1 Å². The van der Waals surface area contributed by atoms with E-state index in [0.29, 0.717) is 5.92 Å². The third-order valence-electron chi connectivity index (χ3n) is 5.76. The molecule has 1 saturated carbocycles. The van der Waals surface area contributed by atoms with Crippen LogP contribution in [0.3, 0.4) is 0 Å². The molecule has 2 aliphatic rings. The van der Waals surface area contributed by atoms with Gasteiger partial charge in [0.1, 0.15) is 0 Å². The molecule has 1 aromatic heterocycles. The van der Waals surface area contributed by atoms with Crippen LogP contribution < -0.4 is 11.1 Å². The third-order valence-corrected chi connectivity index (χ3v) is 6.85. The first kappa shape index (κ1) is 17.0. The number of fused-ring (bicyclic) bond motifs is 3. The fourth-order valence-corrected chi connectivity index (χ4v) is 5.38. The molecule has 25 heavy (non-hydrogen) atoms. The Labute approximate surface area is 155 Å². The van der Waals surface area contributed by atoms with Crippen LogP contribution >= 0.6 is 11.3 Å². The highest BCUT2D eigenvalue weighted by molar-refractivity contribution is 7.19. The van der Waals surface area contributed by atoms with Gasteiger partial charge in [0.15, 0.2) is 5.13 Å². The molecule has 0 unspecified atom stereocenters. The highest BCUT2D eigenvalue weighted by atomic mass is 32.1. The van der Waals surface area contributed by atoms with Gasteiger partial charge < -0.3 is 11.1 Å². The van der Waals surface area contributed by atoms with Gasteiger partial charge in [0, 0.05) is 12.1 Å². The van der Waals surface area contributed by atoms with Crippen LogP contribution in [-0.2, 0) is 12.8 Å². The summed E-state index contributed by atoms with van der Waals surface area (Å²) in [6.07, 6.45) is 8.07. The van der Waals surface area contributed by atoms with Crippen molar-refractivity contribution in [1.82, 2.24) is 4.98 Å². The first-order valence-corrected chi connectivity index (χ1v) is 10.5. The summed E-state index contributed by atoms with van der Waals surface area (Å²) < 4.78 is 0. The molecule has 2 aromatic rings. The van der Waals surface area contributed by atoms with Crippen LogP contribution in [0.2, 0.25) is 0 Å². The minimum absolute atomic E-state index is 0.0183. The zero-order valence-corrected chi connectivity index (χ0v) is 16.2. The number of hydrogen-bond acceptors (Lipinski definition) is 4. The second-order valence-corrected chi connectivity index (χ2v) is 9.08. The SMILES string of the molecule is CCCCNc1nc2c(s1)-c1ccc([C@H]3CC[C@@](C)(N)C3)cc1CC2. The van der Waals surface area contributed by atoms with Crippen molar-refractivity contribution >= 4 is 16.5 Å². The molecule has 4 rings (SSSR count). The van der Waals surface area contributed by atoms with Crippen molar-refractivity contribution in [3.8, 4) is 10.4 Å². The first-order chi connectivity index (χ1) is 12.1. The Kier molecular flexibility index (Phi) is 4.59. The van der Waals surface area contributed by atoms with Gasteiger partial charge in [-0.15, -0.1) is 0 Å². The maximum absolute atomic E-state index is 6.35. The van der Waals surface area contributed by atoms with Gasteiger partial charge in [0.2, 0.25) is 0 Å². The molecule has 0 aliphatic heterocycles. The van der Waals surface area contributed by atoms with Gasteiger partial charge in [-0.2, -0.15) is 0 Å². The number of unbranched alkanes of at least 4 members (excludes halogenated alkanes) is 1. The Morgan fingerprint density at radius 2 is 2.24 bits per heavy atom. The molecule has 0 amide bonds. The largest absolute Gasteiger partial charge is 0.361 e. The van der Waals surface area contributed by atoms with Gasteiger partial charge in [-0.05, 0) is 68.1 Å². The number of nitrogens with two attached hydrogens (primary N) is 1. The molecule has 1 fully saturated rings. The average molecular weight is 356 g/mol. The molecular formula is C21H29N3S. The highest BCUT2D eigenvalue weighted by Crippen LogP contribution is 2.43. The maximum atomic E-state index is 6.35. The first-order valence-electron chi connectivity index (χ1n) is 9.71. The summed E-state index contributed by atoms with van der Waals surface area (Å²) in [5.41, 5.74) is 12.0. The van der Waals surface area contributed by atoms with Crippen molar-refractivity contribution in [2.24, 2.45) is 5.73 Å². The van der Waals surface area contributed by atoms with E-state index in [1.165, 1.54) is 46.5 Å². The zero-order valence-electron chi connectivity index (χ0n) is 15.4. The smallest absolute Gasteiger partial charge is 0.183 e. The number of thiazole rings is 1. The van der Waals surface area contributed by atoms with E-state index in [4.69, 9.17) is 10.7 Å². The van der Waals surface area contributed by atoms with Crippen molar-refractivity contribution in [1.29, 1.82) is 0 Å². The Morgan fingerprint density at radius 1 is 1.36 bits per heavy atom. The summed E-state index contributed by atoms with van der Waals surface area (Å²) in [6, 6.07) is 7.13. The van der Waals surface area contributed by atoms with E-state index >= 15 is 0 Å². The molecule has 2 atom stereocenters. The molecule has 1 aromatic carbocycles. The minimum Gasteiger partial charge on any atom is -0.361 e. The molecule has 2 aliphatic carbocycles. The third kappa shape index (κ3) is 3.47. The Morgan fingerprint density at radius 3 is 3.00 bits per heavy atom. The quantitative estimate of drug-likeness (QED) is 0.733. The van der Waals surface area contributed by atoms with Crippen LogP contribution in [0.1, 0.15) is 68.7 Å².